The van der Waals surface area contributed by atoms with Crippen LogP contribution in [0.5, 0.6) is 0 Å². The summed E-state index contributed by atoms with van der Waals surface area (Å²) < 4.78 is 1.63. The fourth-order valence-corrected chi connectivity index (χ4v) is 2.32. The van der Waals surface area contributed by atoms with Gasteiger partial charge in [-0.3, -0.25) is 0 Å². The van der Waals surface area contributed by atoms with Gasteiger partial charge in [0.1, 0.15) is 5.92 Å². The third kappa shape index (κ3) is 2.05. The summed E-state index contributed by atoms with van der Waals surface area (Å²) in [5.41, 5.74) is 0. The molecule has 0 bridgehead atoms. The molecule has 0 amide bonds. The maximum absolute atomic E-state index is 12.3. The van der Waals surface area contributed by atoms with Crippen LogP contribution in [0.3, 0.4) is 0 Å². The van der Waals surface area contributed by atoms with Gasteiger partial charge in [-0.25, -0.2) is 9.69 Å². The predicted octanol–water partition coefficient (Wildman–Crippen LogP) is 1.19. The Morgan fingerprint density at radius 2 is 2.24 bits per heavy atom. The quantitative estimate of drug-likeness (QED) is 0.800. The Morgan fingerprint density at radius 3 is 2.94 bits per heavy atom. The van der Waals surface area contributed by atoms with Crippen LogP contribution in [-0.4, -0.2) is 24.3 Å². The number of aromatic nitrogens is 1. The van der Waals surface area contributed by atoms with Crippen molar-refractivity contribution >= 4 is 11.7 Å². The highest BCUT2D eigenvalue weighted by Crippen LogP contribution is 2.24. The first-order chi connectivity index (χ1) is 8.16. The van der Waals surface area contributed by atoms with E-state index in [1.54, 1.807) is 15.7 Å². The Balaban J connectivity index is 2.33. The standard InChI is InChI=1S/C13H19N2O2/c1-3-4-7-10-12(16)14(2)11-8-5-6-9-15(11)13(10)17/h5-6,8-10,12,16H,3-4,7H2,1-2H3/q+1. The molecule has 1 N–H and O–H groups in total. The van der Waals surface area contributed by atoms with Gasteiger partial charge < -0.3 is 5.11 Å². The lowest BCUT2D eigenvalue weighted by molar-refractivity contribution is -0.570. The maximum atomic E-state index is 12.3. The van der Waals surface area contributed by atoms with Crippen molar-refractivity contribution in [2.24, 2.45) is 5.92 Å². The topological polar surface area (TPSA) is 44.4 Å². The molecule has 4 heteroatoms. The normalized spacial score (nSPS) is 23.7. The number of pyridine rings is 1. The lowest BCUT2D eigenvalue weighted by Crippen LogP contribution is -2.61. The van der Waals surface area contributed by atoms with Crippen molar-refractivity contribution in [3.05, 3.63) is 24.4 Å². The van der Waals surface area contributed by atoms with Crippen molar-refractivity contribution in [3.8, 4) is 0 Å². The minimum atomic E-state index is -0.712. The summed E-state index contributed by atoms with van der Waals surface area (Å²) in [7, 11) is 1.82. The monoisotopic (exact) mass is 235 g/mol. The summed E-state index contributed by atoms with van der Waals surface area (Å²) in [6.07, 6.45) is 3.79. The first-order valence-corrected chi connectivity index (χ1v) is 6.12. The molecule has 4 nitrogen and oxygen atoms in total. The molecule has 0 radical (unpaired) electrons. The molecule has 1 aliphatic rings. The number of carbonyl (C=O) groups is 1. The number of aliphatic hydroxyl groups is 1. The molecule has 0 fully saturated rings. The molecule has 0 aromatic carbocycles. The van der Waals surface area contributed by atoms with Gasteiger partial charge in [-0.05, 0) is 12.5 Å². The van der Waals surface area contributed by atoms with E-state index in [1.807, 2.05) is 25.2 Å². The summed E-state index contributed by atoms with van der Waals surface area (Å²) in [5.74, 6) is 0.428. The maximum Gasteiger partial charge on any atom is 0.324 e. The van der Waals surface area contributed by atoms with Crippen LogP contribution in [0.1, 0.15) is 31.0 Å². The number of fused-ring (bicyclic) bond motifs is 1. The third-order valence-electron chi connectivity index (χ3n) is 3.38. The Morgan fingerprint density at radius 1 is 1.47 bits per heavy atom. The second-order valence-electron chi connectivity index (χ2n) is 4.54. The molecule has 17 heavy (non-hydrogen) atoms. The highest BCUT2D eigenvalue weighted by atomic mass is 16.3. The average molecular weight is 235 g/mol. The molecule has 0 saturated carbocycles. The molecular formula is C13H19N2O2+. The summed E-state index contributed by atoms with van der Waals surface area (Å²) in [4.78, 5) is 14.0. The largest absolute Gasteiger partial charge is 0.355 e. The molecule has 0 saturated heterocycles. The molecule has 1 aromatic rings. The molecule has 0 spiro atoms. The van der Waals surface area contributed by atoms with Gasteiger partial charge in [-0.15, -0.1) is 0 Å². The van der Waals surface area contributed by atoms with Gasteiger partial charge >= 0.3 is 5.91 Å². The van der Waals surface area contributed by atoms with E-state index in [1.165, 1.54) is 0 Å². The van der Waals surface area contributed by atoms with Crippen LogP contribution in [0.15, 0.2) is 24.4 Å². The van der Waals surface area contributed by atoms with Crippen LogP contribution in [0.2, 0.25) is 0 Å². The van der Waals surface area contributed by atoms with Crippen LogP contribution < -0.4 is 9.47 Å². The molecule has 1 aromatic heterocycles. The zero-order chi connectivity index (χ0) is 12.4. The average Bonchev–Trinajstić information content (AvgIpc) is 2.36. The molecule has 92 valence electrons. The van der Waals surface area contributed by atoms with E-state index in [0.717, 1.165) is 25.1 Å². The van der Waals surface area contributed by atoms with E-state index < -0.39 is 6.23 Å². The van der Waals surface area contributed by atoms with Gasteiger partial charge in [0, 0.05) is 6.07 Å². The molecule has 2 heterocycles. The first-order valence-electron chi connectivity index (χ1n) is 6.12. The number of anilines is 1. The summed E-state index contributed by atoms with van der Waals surface area (Å²) in [6, 6.07) is 5.55. The summed E-state index contributed by atoms with van der Waals surface area (Å²) in [6.45, 7) is 2.09. The zero-order valence-corrected chi connectivity index (χ0v) is 10.3. The van der Waals surface area contributed by atoms with Gasteiger partial charge in [0.15, 0.2) is 0 Å². The third-order valence-corrected chi connectivity index (χ3v) is 3.38. The minimum Gasteiger partial charge on any atom is -0.355 e. The van der Waals surface area contributed by atoms with Crippen molar-refractivity contribution in [1.29, 1.82) is 0 Å². The molecular weight excluding hydrogens is 216 g/mol. The smallest absolute Gasteiger partial charge is 0.324 e. The van der Waals surface area contributed by atoms with Gasteiger partial charge in [-0.1, -0.05) is 25.8 Å². The Hall–Kier alpha value is -1.42. The molecule has 2 unspecified atom stereocenters. The van der Waals surface area contributed by atoms with E-state index in [2.05, 4.69) is 6.92 Å². The van der Waals surface area contributed by atoms with Crippen molar-refractivity contribution in [2.75, 3.05) is 11.9 Å². The van der Waals surface area contributed by atoms with Crippen molar-refractivity contribution < 1.29 is 14.5 Å². The van der Waals surface area contributed by atoms with E-state index in [4.69, 9.17) is 0 Å². The molecule has 2 atom stereocenters. The van der Waals surface area contributed by atoms with E-state index in [0.29, 0.717) is 0 Å². The van der Waals surface area contributed by atoms with E-state index in [-0.39, 0.29) is 11.8 Å². The van der Waals surface area contributed by atoms with Crippen molar-refractivity contribution in [1.82, 2.24) is 0 Å². The number of rotatable bonds is 3. The first kappa shape index (κ1) is 12.0. The van der Waals surface area contributed by atoms with E-state index >= 15 is 0 Å². The van der Waals surface area contributed by atoms with E-state index in [9.17, 15) is 9.90 Å². The van der Waals surface area contributed by atoms with Crippen LogP contribution in [0.4, 0.5) is 5.82 Å². The number of hydrogen-bond donors (Lipinski definition) is 1. The van der Waals surface area contributed by atoms with Crippen molar-refractivity contribution in [3.63, 3.8) is 0 Å². The highest BCUT2D eigenvalue weighted by molar-refractivity contribution is 5.74. The van der Waals surface area contributed by atoms with Crippen LogP contribution in [0.25, 0.3) is 0 Å². The number of carbonyl (C=O) groups excluding carboxylic acids is 1. The Bertz CT molecular complexity index is 420. The summed E-state index contributed by atoms with van der Waals surface area (Å²) >= 11 is 0. The zero-order valence-electron chi connectivity index (χ0n) is 10.3. The second-order valence-corrected chi connectivity index (χ2v) is 4.54. The Labute approximate surface area is 101 Å². The van der Waals surface area contributed by atoms with Crippen LogP contribution >= 0.6 is 0 Å². The van der Waals surface area contributed by atoms with Gasteiger partial charge in [0.2, 0.25) is 6.23 Å². The Kier molecular flexibility index (Phi) is 3.43. The second kappa shape index (κ2) is 4.84. The minimum absolute atomic E-state index is 0.000324. The number of nitrogens with zero attached hydrogens (tertiary/aromatic N) is 2. The van der Waals surface area contributed by atoms with Gasteiger partial charge in [0.25, 0.3) is 5.82 Å². The van der Waals surface area contributed by atoms with Crippen molar-refractivity contribution in [2.45, 2.75) is 32.4 Å². The van der Waals surface area contributed by atoms with Gasteiger partial charge in [-0.2, -0.15) is 4.57 Å². The fraction of sp³-hybridized carbons (Fsp3) is 0.538. The number of aliphatic hydroxyl groups excluding tert-OH is 1. The lowest BCUT2D eigenvalue weighted by atomic mass is 9.96. The predicted molar refractivity (Wildman–Crippen MR) is 64.7 cm³/mol. The molecule has 2 rings (SSSR count). The number of hydrogen-bond acceptors (Lipinski definition) is 3. The molecule has 1 aliphatic heterocycles. The van der Waals surface area contributed by atoms with Gasteiger partial charge in [0.05, 0.1) is 13.2 Å². The molecule has 0 aliphatic carbocycles. The number of unbranched alkanes of at least 4 members (excludes halogenated alkanes) is 1. The fourth-order valence-electron chi connectivity index (χ4n) is 2.32. The highest BCUT2D eigenvalue weighted by Gasteiger charge is 2.43. The van der Waals surface area contributed by atoms with Crippen LogP contribution in [0, 0.1) is 5.92 Å². The van der Waals surface area contributed by atoms with Crippen LogP contribution in [-0.2, 0) is 0 Å². The summed E-state index contributed by atoms with van der Waals surface area (Å²) in [5, 5.41) is 10.2. The SMILES string of the molecule is CCCCC1C(=O)[n+]2ccccc2N(C)C1O. The lowest BCUT2D eigenvalue weighted by Gasteiger charge is -2.30.